The van der Waals surface area contributed by atoms with E-state index in [0.29, 0.717) is 48.1 Å². The molecular formula is C48H63N5O9S. The first-order chi connectivity index (χ1) is 30.7. The molecule has 2 N–H and O–H groups in total. The predicted molar refractivity (Wildman–Crippen MR) is 243 cm³/mol. The van der Waals surface area contributed by atoms with Gasteiger partial charge in [-0.15, -0.1) is 0 Å². The highest BCUT2D eigenvalue weighted by molar-refractivity contribution is 7.90. The number of unbranched alkanes of at least 4 members (excludes halogenated alkanes) is 15. The maximum absolute atomic E-state index is 14.6. The molecule has 6 rings (SSSR count). The number of carbonyl (C=O) groups is 2. The summed E-state index contributed by atoms with van der Waals surface area (Å²) >= 11 is 0. The summed E-state index contributed by atoms with van der Waals surface area (Å²) in [5, 5.41) is 17.0. The van der Waals surface area contributed by atoms with Gasteiger partial charge in [0.15, 0.2) is 23.4 Å². The summed E-state index contributed by atoms with van der Waals surface area (Å²) in [6.07, 6.45) is 21.8. The minimum absolute atomic E-state index is 0.0352. The van der Waals surface area contributed by atoms with Crippen molar-refractivity contribution in [3.05, 3.63) is 84.2 Å². The molecule has 340 valence electrons. The monoisotopic (exact) mass is 885 g/mol. The van der Waals surface area contributed by atoms with Crippen molar-refractivity contribution in [2.24, 2.45) is 4.99 Å². The number of aromatic carboxylic acids is 1. The topological polar surface area (TPSA) is 171 Å². The molecule has 3 heterocycles. The van der Waals surface area contributed by atoms with Crippen molar-refractivity contribution in [2.75, 3.05) is 31.9 Å². The lowest BCUT2D eigenvalue weighted by atomic mass is 10.0. The van der Waals surface area contributed by atoms with Gasteiger partial charge >= 0.3 is 5.97 Å². The van der Waals surface area contributed by atoms with E-state index in [1.165, 1.54) is 87.2 Å². The summed E-state index contributed by atoms with van der Waals surface area (Å²) in [5.41, 5.74) is 1.20. The fourth-order valence-electron chi connectivity index (χ4n) is 7.84. The number of aryl methyl sites for hydroxylation is 1. The number of anilines is 1. The average Bonchev–Trinajstić information content (AvgIpc) is 3.96. The molecule has 3 aromatic carbocycles. The van der Waals surface area contributed by atoms with Crippen LogP contribution in [-0.2, 0) is 14.8 Å². The molecular weight excluding hydrogens is 823 g/mol. The van der Waals surface area contributed by atoms with Crippen molar-refractivity contribution in [3.63, 3.8) is 0 Å². The minimum atomic E-state index is -4.16. The molecule has 0 aliphatic carbocycles. The van der Waals surface area contributed by atoms with Crippen molar-refractivity contribution in [2.45, 2.75) is 134 Å². The molecule has 1 aromatic heterocycles. The summed E-state index contributed by atoms with van der Waals surface area (Å²) in [6.45, 7) is 4.99. The highest BCUT2D eigenvalue weighted by Gasteiger charge is 2.41. The third-order valence-corrected chi connectivity index (χ3v) is 13.1. The molecule has 0 saturated carbocycles. The molecule has 0 bridgehead atoms. The number of hydrogen-bond acceptors (Lipinski definition) is 10. The largest absolute Gasteiger partial charge is 0.493 e. The Labute approximate surface area is 372 Å². The number of hydrogen-bond donors (Lipinski definition) is 2. The first kappa shape index (κ1) is 46.9. The maximum atomic E-state index is 14.6. The molecule has 0 spiro atoms. The van der Waals surface area contributed by atoms with Gasteiger partial charge in [0.1, 0.15) is 16.4 Å². The fourth-order valence-corrected chi connectivity index (χ4v) is 9.46. The Hall–Kier alpha value is -5.57. The van der Waals surface area contributed by atoms with Gasteiger partial charge in [-0.3, -0.25) is 13.8 Å². The number of sulfonamides is 1. The van der Waals surface area contributed by atoms with E-state index in [9.17, 15) is 23.1 Å². The summed E-state index contributed by atoms with van der Waals surface area (Å²) < 4.78 is 54.0. The number of ether oxygens (including phenoxy) is 4. The number of carbonyl (C=O) groups excluding carboxylic acids is 1. The normalized spacial score (nSPS) is 14.2. The number of amidine groups is 1. The van der Waals surface area contributed by atoms with E-state index in [-0.39, 0.29) is 41.9 Å². The first-order valence-corrected chi connectivity index (χ1v) is 24.1. The highest BCUT2D eigenvalue weighted by atomic mass is 32.2. The third kappa shape index (κ3) is 13.2. The molecule has 1 unspecified atom stereocenters. The summed E-state index contributed by atoms with van der Waals surface area (Å²) in [4.78, 5) is 31.5. The zero-order valence-electron chi connectivity index (χ0n) is 36.8. The number of benzene rings is 3. The van der Waals surface area contributed by atoms with E-state index in [1.54, 1.807) is 48.5 Å². The standard InChI is InChI=1S/C48H63N5O9S/c1-3-4-5-6-7-8-9-10-11-12-13-14-15-16-17-20-28-53-46(50-39-22-18-19-23-44(39)63(53,57)58)45(52-34-37(33-49-52)48(55)56)47(54)51-40-31-36(2)24-26-41(40)60-30-21-29-59-38-25-27-42-43(32-38)62-35-61-42/h18-19,22-27,31-34,45H,3-17,20-21,28-30,35H2,1-2H3,(H,51,54)(H,55,56). The Morgan fingerprint density at radius 2 is 1.44 bits per heavy atom. The predicted octanol–water partition coefficient (Wildman–Crippen LogP) is 10.6. The van der Waals surface area contributed by atoms with Crippen LogP contribution in [0.2, 0.25) is 0 Å². The van der Waals surface area contributed by atoms with E-state index in [4.69, 9.17) is 23.9 Å². The number of nitrogens with zero attached hydrogens (tertiary/aromatic N) is 4. The highest BCUT2D eigenvalue weighted by Crippen LogP contribution is 2.37. The van der Waals surface area contributed by atoms with Crippen LogP contribution in [-0.4, -0.2) is 71.9 Å². The smallest absolute Gasteiger partial charge is 0.338 e. The van der Waals surface area contributed by atoms with Gasteiger partial charge in [0.25, 0.3) is 15.9 Å². The van der Waals surface area contributed by atoms with Gasteiger partial charge in [-0.2, -0.15) is 5.10 Å². The number of aliphatic imine (C=N–C) groups is 1. The molecule has 4 aromatic rings. The zero-order chi connectivity index (χ0) is 44.4. The van der Waals surface area contributed by atoms with E-state index < -0.39 is 27.9 Å². The number of rotatable bonds is 28. The Morgan fingerprint density at radius 3 is 2.13 bits per heavy atom. The van der Waals surface area contributed by atoms with Crippen molar-refractivity contribution < 1.29 is 42.1 Å². The van der Waals surface area contributed by atoms with Crippen molar-refractivity contribution in [3.8, 4) is 23.0 Å². The van der Waals surface area contributed by atoms with Gasteiger partial charge in [0.05, 0.1) is 36.3 Å². The number of carboxylic acids is 1. The SMILES string of the molecule is CCCCCCCCCCCCCCCCCCN1C(C(C(=O)Nc2cc(C)ccc2OCCCOc2ccc3c(c2)OCO3)n2cc(C(=O)O)cn2)=Nc2ccccc2S1(=O)=O. The lowest BCUT2D eigenvalue weighted by Crippen LogP contribution is -2.47. The van der Waals surface area contributed by atoms with Crippen LogP contribution in [0.25, 0.3) is 0 Å². The van der Waals surface area contributed by atoms with E-state index in [0.717, 1.165) is 42.1 Å². The van der Waals surface area contributed by atoms with Crippen LogP contribution in [0.4, 0.5) is 11.4 Å². The minimum Gasteiger partial charge on any atom is -0.493 e. The van der Waals surface area contributed by atoms with Crippen LogP contribution < -0.4 is 24.3 Å². The third-order valence-electron chi connectivity index (χ3n) is 11.3. The molecule has 1 amide bonds. The Balaban J connectivity index is 1.10. The van der Waals surface area contributed by atoms with Crippen molar-refractivity contribution in [1.82, 2.24) is 14.1 Å². The Bertz CT molecular complexity index is 2260. The molecule has 1 atom stereocenters. The van der Waals surface area contributed by atoms with Crippen LogP contribution in [0.3, 0.4) is 0 Å². The van der Waals surface area contributed by atoms with Gasteiger partial charge in [0.2, 0.25) is 6.79 Å². The lowest BCUT2D eigenvalue weighted by Gasteiger charge is -2.33. The summed E-state index contributed by atoms with van der Waals surface area (Å²) in [5.74, 6) is 0.312. The van der Waals surface area contributed by atoms with Crippen molar-refractivity contribution >= 4 is 39.1 Å². The second-order valence-electron chi connectivity index (χ2n) is 16.3. The molecule has 2 aliphatic rings. The van der Waals surface area contributed by atoms with Gasteiger partial charge < -0.3 is 29.4 Å². The Morgan fingerprint density at radius 1 is 0.794 bits per heavy atom. The summed E-state index contributed by atoms with van der Waals surface area (Å²) in [7, 11) is -4.16. The number of nitrogens with one attached hydrogen (secondary N) is 1. The lowest BCUT2D eigenvalue weighted by molar-refractivity contribution is -0.117. The van der Waals surface area contributed by atoms with Crippen LogP contribution in [0.5, 0.6) is 23.0 Å². The van der Waals surface area contributed by atoms with Crippen LogP contribution in [0.1, 0.15) is 138 Å². The van der Waals surface area contributed by atoms with Crippen molar-refractivity contribution in [1.29, 1.82) is 0 Å². The number of carboxylic acid groups (broad SMARTS) is 1. The molecule has 2 aliphatic heterocycles. The number of amides is 1. The van der Waals surface area contributed by atoms with Gasteiger partial charge in [-0.1, -0.05) is 121 Å². The molecule has 0 saturated heterocycles. The number of para-hydroxylation sites is 1. The van der Waals surface area contributed by atoms with E-state index >= 15 is 0 Å². The number of aromatic nitrogens is 2. The van der Waals surface area contributed by atoms with Gasteiger partial charge in [0, 0.05) is 25.2 Å². The molecule has 63 heavy (non-hydrogen) atoms. The molecule has 15 heteroatoms. The zero-order valence-corrected chi connectivity index (χ0v) is 37.6. The van der Waals surface area contributed by atoms with Gasteiger partial charge in [-0.05, 0) is 55.3 Å². The second-order valence-corrected chi connectivity index (χ2v) is 18.1. The second kappa shape index (κ2) is 23.8. The van der Waals surface area contributed by atoms with Crippen LogP contribution in [0, 0.1) is 6.92 Å². The average molecular weight is 886 g/mol. The van der Waals surface area contributed by atoms with Crippen LogP contribution >= 0.6 is 0 Å². The summed E-state index contributed by atoms with van der Waals surface area (Å²) in [6, 6.07) is 15.7. The van der Waals surface area contributed by atoms with E-state index in [2.05, 4.69) is 17.3 Å². The first-order valence-electron chi connectivity index (χ1n) is 22.7. The number of fused-ring (bicyclic) bond motifs is 2. The van der Waals surface area contributed by atoms with Gasteiger partial charge in [-0.25, -0.2) is 18.2 Å². The molecule has 0 radical (unpaired) electrons. The van der Waals surface area contributed by atoms with E-state index in [1.807, 2.05) is 13.0 Å². The molecule has 14 nitrogen and oxygen atoms in total. The van der Waals surface area contributed by atoms with Crippen LogP contribution in [0.15, 0.2) is 82.9 Å². The molecule has 0 fully saturated rings. The quantitative estimate of drug-likeness (QED) is 0.0523. The Kier molecular flexibility index (Phi) is 17.7. The fraction of sp³-hybridized carbons (Fsp3) is 0.500. The maximum Gasteiger partial charge on any atom is 0.338 e.